The summed E-state index contributed by atoms with van der Waals surface area (Å²) >= 11 is 0. The minimum absolute atomic E-state index is 0.106. The van der Waals surface area contributed by atoms with Crippen molar-refractivity contribution in [3.8, 4) is 12.3 Å². The van der Waals surface area contributed by atoms with Crippen molar-refractivity contribution < 1.29 is 5.11 Å². The van der Waals surface area contributed by atoms with Gasteiger partial charge in [-0.1, -0.05) is 12.8 Å². The second kappa shape index (κ2) is 5.28. The van der Waals surface area contributed by atoms with Crippen LogP contribution >= 0.6 is 0 Å². The lowest BCUT2D eigenvalue weighted by atomic mass is 10.2. The predicted molar refractivity (Wildman–Crippen MR) is 42.6 cm³/mol. The highest BCUT2D eigenvalue weighted by Gasteiger charge is 2.01. The number of nitrogens with one attached hydrogen (secondary N) is 1. The maximum absolute atomic E-state index is 8.86. The monoisotopic (exact) mass is 141 g/mol. The van der Waals surface area contributed by atoms with Gasteiger partial charge in [-0.25, -0.2) is 0 Å². The highest BCUT2D eigenvalue weighted by Crippen LogP contribution is 1.87. The molecule has 0 amide bonds. The molecule has 0 aromatic rings. The van der Waals surface area contributed by atoms with Crippen LogP contribution in [0.5, 0.6) is 0 Å². The molecule has 0 rings (SSSR count). The van der Waals surface area contributed by atoms with E-state index in [0.717, 1.165) is 6.42 Å². The third kappa shape index (κ3) is 4.37. The normalized spacial score (nSPS) is 15.8. The summed E-state index contributed by atoms with van der Waals surface area (Å²) in [6.45, 7) is 4.32. The molecule has 1 unspecified atom stereocenters. The second-order valence-corrected chi connectivity index (χ2v) is 2.38. The highest BCUT2D eigenvalue weighted by atomic mass is 16.3. The topological polar surface area (TPSA) is 32.3 Å². The van der Waals surface area contributed by atoms with E-state index in [0.29, 0.717) is 6.54 Å². The lowest BCUT2D eigenvalue weighted by Crippen LogP contribution is -2.32. The summed E-state index contributed by atoms with van der Waals surface area (Å²) in [7, 11) is 0. The van der Waals surface area contributed by atoms with Gasteiger partial charge in [0.2, 0.25) is 0 Å². The Hall–Kier alpha value is -0.520. The Morgan fingerprint density at radius 1 is 1.70 bits per heavy atom. The fourth-order valence-corrected chi connectivity index (χ4v) is 0.634. The maximum atomic E-state index is 8.86. The molecule has 0 saturated heterocycles. The molecule has 0 saturated carbocycles. The summed E-state index contributed by atoms with van der Waals surface area (Å²) < 4.78 is 0. The standard InChI is InChI=1S/C8H15NO/c1-4-8(5-2)9-6-7(3)10/h1,7-10H,5-6H2,2-3H3/t7-,8?/m0/s1. The van der Waals surface area contributed by atoms with E-state index < -0.39 is 0 Å². The molecule has 2 heteroatoms. The zero-order chi connectivity index (χ0) is 7.98. The van der Waals surface area contributed by atoms with E-state index in [-0.39, 0.29) is 12.1 Å². The first-order chi connectivity index (χ1) is 4.70. The summed E-state index contributed by atoms with van der Waals surface area (Å²) in [5.74, 6) is 2.58. The lowest BCUT2D eigenvalue weighted by molar-refractivity contribution is 0.189. The number of rotatable bonds is 4. The minimum Gasteiger partial charge on any atom is -0.392 e. The summed E-state index contributed by atoms with van der Waals surface area (Å²) in [5.41, 5.74) is 0. The Morgan fingerprint density at radius 3 is 2.60 bits per heavy atom. The SMILES string of the molecule is C#CC(CC)NC[C@H](C)O. The second-order valence-electron chi connectivity index (χ2n) is 2.38. The highest BCUT2D eigenvalue weighted by molar-refractivity contribution is 4.97. The molecule has 0 fully saturated rings. The molecule has 0 spiro atoms. The van der Waals surface area contributed by atoms with Crippen LogP contribution in [-0.2, 0) is 0 Å². The Morgan fingerprint density at radius 2 is 2.30 bits per heavy atom. The molecule has 2 atom stereocenters. The van der Waals surface area contributed by atoms with Crippen LogP contribution in [0.15, 0.2) is 0 Å². The van der Waals surface area contributed by atoms with E-state index in [1.54, 1.807) is 6.92 Å². The van der Waals surface area contributed by atoms with E-state index >= 15 is 0 Å². The van der Waals surface area contributed by atoms with Gasteiger partial charge in [-0.3, -0.25) is 0 Å². The van der Waals surface area contributed by atoms with Gasteiger partial charge in [0.1, 0.15) is 0 Å². The third-order valence-corrected chi connectivity index (χ3v) is 1.27. The van der Waals surface area contributed by atoms with Crippen molar-refractivity contribution in [2.75, 3.05) is 6.54 Å². The quantitative estimate of drug-likeness (QED) is 0.554. The molecule has 0 aliphatic carbocycles. The fourth-order valence-electron chi connectivity index (χ4n) is 0.634. The lowest BCUT2D eigenvalue weighted by Gasteiger charge is -2.11. The molecule has 2 N–H and O–H groups in total. The van der Waals surface area contributed by atoms with E-state index in [2.05, 4.69) is 11.2 Å². The molecule has 0 radical (unpaired) electrons. The predicted octanol–water partition coefficient (Wildman–Crippen LogP) is 0.369. The van der Waals surface area contributed by atoms with Crippen molar-refractivity contribution in [1.29, 1.82) is 0 Å². The number of aliphatic hydroxyl groups excluding tert-OH is 1. The smallest absolute Gasteiger partial charge is 0.0685 e. The number of aliphatic hydroxyl groups is 1. The van der Waals surface area contributed by atoms with E-state index in [9.17, 15) is 0 Å². The number of terminal acetylenes is 1. The van der Waals surface area contributed by atoms with E-state index in [1.165, 1.54) is 0 Å². The van der Waals surface area contributed by atoms with Crippen LogP contribution in [0, 0.1) is 12.3 Å². The van der Waals surface area contributed by atoms with Crippen LogP contribution < -0.4 is 5.32 Å². The van der Waals surface area contributed by atoms with Crippen molar-refractivity contribution >= 4 is 0 Å². The van der Waals surface area contributed by atoms with Crippen LogP contribution in [0.1, 0.15) is 20.3 Å². The van der Waals surface area contributed by atoms with E-state index in [1.807, 2.05) is 6.92 Å². The van der Waals surface area contributed by atoms with Crippen LogP contribution in [0.3, 0.4) is 0 Å². The van der Waals surface area contributed by atoms with Gasteiger partial charge in [0, 0.05) is 6.54 Å². The van der Waals surface area contributed by atoms with Crippen molar-refractivity contribution in [2.45, 2.75) is 32.4 Å². The van der Waals surface area contributed by atoms with Crippen molar-refractivity contribution in [2.24, 2.45) is 0 Å². The van der Waals surface area contributed by atoms with Gasteiger partial charge in [0.15, 0.2) is 0 Å². The number of hydrogen-bond donors (Lipinski definition) is 2. The average Bonchev–Trinajstić information content (AvgIpc) is 1.90. The molecule has 58 valence electrons. The molecule has 0 bridgehead atoms. The molecule has 0 aliphatic rings. The van der Waals surface area contributed by atoms with Gasteiger partial charge in [0.05, 0.1) is 12.1 Å². The van der Waals surface area contributed by atoms with E-state index in [4.69, 9.17) is 11.5 Å². The van der Waals surface area contributed by atoms with Crippen LogP contribution in [0.25, 0.3) is 0 Å². The molecule has 0 aromatic carbocycles. The van der Waals surface area contributed by atoms with Crippen molar-refractivity contribution in [1.82, 2.24) is 5.32 Å². The Labute approximate surface area is 62.6 Å². The first-order valence-electron chi connectivity index (χ1n) is 3.58. The van der Waals surface area contributed by atoms with Gasteiger partial charge in [0.25, 0.3) is 0 Å². The maximum Gasteiger partial charge on any atom is 0.0685 e. The molecule has 0 aromatic heterocycles. The molecular weight excluding hydrogens is 126 g/mol. The number of hydrogen-bond acceptors (Lipinski definition) is 2. The summed E-state index contributed by atoms with van der Waals surface area (Å²) in [6, 6.07) is 0.106. The summed E-state index contributed by atoms with van der Waals surface area (Å²) in [6.07, 6.45) is 5.76. The Balaban J connectivity index is 3.38. The minimum atomic E-state index is -0.317. The van der Waals surface area contributed by atoms with Crippen LogP contribution in [0.2, 0.25) is 0 Å². The summed E-state index contributed by atoms with van der Waals surface area (Å²) in [5, 5.41) is 11.9. The molecular formula is C8H15NO. The van der Waals surface area contributed by atoms with Gasteiger partial charge in [-0.2, -0.15) is 0 Å². The van der Waals surface area contributed by atoms with Crippen molar-refractivity contribution in [3.05, 3.63) is 0 Å². The first-order valence-corrected chi connectivity index (χ1v) is 3.58. The summed E-state index contributed by atoms with van der Waals surface area (Å²) in [4.78, 5) is 0. The molecule has 10 heavy (non-hydrogen) atoms. The first kappa shape index (κ1) is 9.48. The molecule has 0 heterocycles. The zero-order valence-electron chi connectivity index (χ0n) is 6.59. The largest absolute Gasteiger partial charge is 0.392 e. The van der Waals surface area contributed by atoms with Gasteiger partial charge in [-0.15, -0.1) is 6.42 Å². The molecule has 0 aliphatic heterocycles. The molecule has 2 nitrogen and oxygen atoms in total. The average molecular weight is 141 g/mol. The van der Waals surface area contributed by atoms with Crippen LogP contribution in [0.4, 0.5) is 0 Å². The third-order valence-electron chi connectivity index (χ3n) is 1.27. The van der Waals surface area contributed by atoms with Gasteiger partial charge < -0.3 is 10.4 Å². The van der Waals surface area contributed by atoms with Gasteiger partial charge in [-0.05, 0) is 13.3 Å². The Bertz CT molecular complexity index is 115. The zero-order valence-corrected chi connectivity index (χ0v) is 6.59. The van der Waals surface area contributed by atoms with Crippen LogP contribution in [-0.4, -0.2) is 23.8 Å². The van der Waals surface area contributed by atoms with Gasteiger partial charge >= 0.3 is 0 Å². The fraction of sp³-hybridized carbons (Fsp3) is 0.750. The van der Waals surface area contributed by atoms with Crippen molar-refractivity contribution in [3.63, 3.8) is 0 Å². The Kier molecular flexibility index (Phi) is 5.00.